The van der Waals surface area contributed by atoms with Crippen molar-refractivity contribution in [3.8, 4) is 0 Å². The van der Waals surface area contributed by atoms with Crippen LogP contribution in [0, 0.1) is 11.8 Å². The number of nitrogens with zero attached hydrogens (tertiary/aromatic N) is 2. The van der Waals surface area contributed by atoms with Gasteiger partial charge in [0.15, 0.2) is 0 Å². The Kier molecular flexibility index (Phi) is 8.15. The number of amides is 3. The highest BCUT2D eigenvalue weighted by molar-refractivity contribution is 6.37. The molecule has 9 heteroatoms. The molecule has 0 aromatic carbocycles. The molecule has 0 aromatic rings. The number of carbonyl (C=O) groups is 4. The van der Waals surface area contributed by atoms with E-state index in [0.717, 1.165) is 31.8 Å². The topological polar surface area (TPSA) is 139 Å². The molecule has 2 aliphatic heterocycles. The quantitative estimate of drug-likeness (QED) is 0.355. The Balaban J connectivity index is 0.000000687. The van der Waals surface area contributed by atoms with Gasteiger partial charge >= 0.3 is 0 Å². The van der Waals surface area contributed by atoms with Gasteiger partial charge in [-0.3, -0.25) is 24.1 Å². The molecule has 0 spiro atoms. The molecule has 3 atom stereocenters. The van der Waals surface area contributed by atoms with E-state index in [1.165, 1.54) is 4.90 Å². The van der Waals surface area contributed by atoms with E-state index < -0.39 is 29.7 Å². The van der Waals surface area contributed by atoms with E-state index in [4.69, 9.17) is 11.5 Å². The SMILES string of the molecule is CC(C)C.NCC(=O)N1CCC(N2CC2)C1C(=O)NC(CC1CC1)C(=O)C(N)=O. The van der Waals surface area contributed by atoms with Crippen LogP contribution in [0.4, 0.5) is 0 Å². The van der Waals surface area contributed by atoms with E-state index in [-0.39, 0.29) is 18.5 Å². The minimum absolute atomic E-state index is 0.0687. The predicted molar refractivity (Wildman–Crippen MR) is 109 cm³/mol. The summed E-state index contributed by atoms with van der Waals surface area (Å²) in [7, 11) is 0. The molecule has 2 heterocycles. The fourth-order valence-electron chi connectivity index (χ4n) is 3.61. The van der Waals surface area contributed by atoms with Crippen LogP contribution < -0.4 is 16.8 Å². The average Bonchev–Trinajstić information content (AvgIpc) is 3.58. The Morgan fingerprint density at radius 3 is 2.07 bits per heavy atom. The van der Waals surface area contributed by atoms with Crippen LogP contribution in [0.5, 0.6) is 0 Å². The predicted octanol–water partition coefficient (Wildman–Crippen LogP) is -0.768. The Morgan fingerprint density at radius 1 is 1.03 bits per heavy atom. The molecule has 9 nitrogen and oxygen atoms in total. The van der Waals surface area contributed by atoms with Crippen molar-refractivity contribution in [3.05, 3.63) is 0 Å². The standard InChI is InChI=1S/C16H25N5O4.C4H10/c17-8-12(22)21-4-3-11(20-5-6-20)13(21)16(25)19-10(7-9-1-2-9)14(23)15(18)24;1-4(2)3/h9-11,13H,1-8,17H2,(H2,18,24)(H,19,25);4H,1-3H3. The Bertz CT molecular complexity index is 628. The van der Waals surface area contributed by atoms with Gasteiger partial charge in [0.25, 0.3) is 5.91 Å². The van der Waals surface area contributed by atoms with E-state index in [9.17, 15) is 19.2 Å². The second-order valence-corrected chi connectivity index (χ2v) is 8.83. The average molecular weight is 410 g/mol. The summed E-state index contributed by atoms with van der Waals surface area (Å²) in [6.07, 6.45) is 3.08. The third-order valence-corrected chi connectivity index (χ3v) is 5.22. The number of hydrogen-bond acceptors (Lipinski definition) is 6. The molecule has 5 N–H and O–H groups in total. The maximum absolute atomic E-state index is 12.9. The van der Waals surface area contributed by atoms with Crippen LogP contribution in [-0.4, -0.2) is 77.6 Å². The summed E-state index contributed by atoms with van der Waals surface area (Å²) >= 11 is 0. The molecule has 29 heavy (non-hydrogen) atoms. The minimum atomic E-state index is -1.05. The van der Waals surface area contributed by atoms with Gasteiger partial charge in [0.05, 0.1) is 12.6 Å². The van der Waals surface area contributed by atoms with Crippen LogP contribution in [-0.2, 0) is 19.2 Å². The number of carbonyl (C=O) groups excluding carboxylic acids is 4. The molecular weight excluding hydrogens is 374 g/mol. The Hall–Kier alpha value is -2.00. The van der Waals surface area contributed by atoms with Crippen LogP contribution in [0.3, 0.4) is 0 Å². The molecule has 3 unspecified atom stereocenters. The van der Waals surface area contributed by atoms with Gasteiger partial charge in [0.2, 0.25) is 17.6 Å². The molecule has 164 valence electrons. The number of nitrogens with one attached hydrogen (secondary N) is 1. The highest BCUT2D eigenvalue weighted by Crippen LogP contribution is 2.34. The molecule has 1 aliphatic carbocycles. The van der Waals surface area contributed by atoms with Crippen LogP contribution in [0.15, 0.2) is 0 Å². The first kappa shape index (κ1) is 23.3. The number of primary amides is 1. The summed E-state index contributed by atoms with van der Waals surface area (Å²) in [6.45, 7) is 8.59. The van der Waals surface area contributed by atoms with Crippen LogP contribution in [0.1, 0.15) is 46.5 Å². The zero-order valence-electron chi connectivity index (χ0n) is 17.7. The van der Waals surface area contributed by atoms with Crippen molar-refractivity contribution >= 4 is 23.5 Å². The van der Waals surface area contributed by atoms with Gasteiger partial charge in [0.1, 0.15) is 6.04 Å². The van der Waals surface area contributed by atoms with E-state index in [1.807, 2.05) is 0 Å². The van der Waals surface area contributed by atoms with Gasteiger partial charge in [-0.2, -0.15) is 0 Å². The fraction of sp³-hybridized carbons (Fsp3) is 0.800. The largest absolute Gasteiger partial charge is 0.363 e. The van der Waals surface area contributed by atoms with Crippen LogP contribution >= 0.6 is 0 Å². The minimum Gasteiger partial charge on any atom is -0.363 e. The van der Waals surface area contributed by atoms with Crippen LogP contribution in [0.2, 0.25) is 0 Å². The number of rotatable bonds is 8. The molecule has 0 bridgehead atoms. The summed E-state index contributed by atoms with van der Waals surface area (Å²) in [4.78, 5) is 51.9. The lowest BCUT2D eigenvalue weighted by atomic mass is 10.0. The van der Waals surface area contributed by atoms with Gasteiger partial charge in [-0.25, -0.2) is 0 Å². The lowest BCUT2D eigenvalue weighted by molar-refractivity contribution is -0.141. The first-order valence-corrected chi connectivity index (χ1v) is 10.5. The molecular formula is C20H35N5O4. The number of Topliss-reactive ketones (excluding diaryl/α,β-unsaturated/α-hetero) is 1. The molecule has 0 radical (unpaired) electrons. The van der Waals surface area contributed by atoms with E-state index in [1.54, 1.807) is 0 Å². The highest BCUT2D eigenvalue weighted by Gasteiger charge is 2.47. The summed E-state index contributed by atoms with van der Waals surface area (Å²) in [6, 6.07) is -1.66. The van der Waals surface area contributed by atoms with Crippen molar-refractivity contribution in [3.63, 3.8) is 0 Å². The first-order chi connectivity index (χ1) is 13.6. The van der Waals surface area contributed by atoms with Gasteiger partial charge in [0, 0.05) is 25.7 Å². The number of hydrogen-bond donors (Lipinski definition) is 3. The monoisotopic (exact) mass is 409 g/mol. The maximum Gasteiger partial charge on any atom is 0.287 e. The summed E-state index contributed by atoms with van der Waals surface area (Å²) in [5, 5.41) is 2.68. The van der Waals surface area contributed by atoms with Crippen molar-refractivity contribution in [2.24, 2.45) is 23.3 Å². The smallest absolute Gasteiger partial charge is 0.287 e. The lowest BCUT2D eigenvalue weighted by Crippen LogP contribution is -2.57. The molecule has 3 amide bonds. The van der Waals surface area contributed by atoms with Gasteiger partial charge in [-0.05, 0) is 24.7 Å². The second-order valence-electron chi connectivity index (χ2n) is 8.83. The summed E-state index contributed by atoms with van der Waals surface area (Å²) in [5.41, 5.74) is 10.6. The van der Waals surface area contributed by atoms with Crippen molar-refractivity contribution in [2.45, 2.75) is 64.6 Å². The molecule has 1 saturated carbocycles. The molecule has 0 aromatic heterocycles. The van der Waals surface area contributed by atoms with Gasteiger partial charge < -0.3 is 21.7 Å². The molecule has 3 rings (SSSR count). The van der Waals surface area contributed by atoms with E-state index in [0.29, 0.717) is 25.3 Å². The summed E-state index contributed by atoms with van der Waals surface area (Å²) in [5.74, 6) is -1.35. The fourth-order valence-corrected chi connectivity index (χ4v) is 3.61. The normalized spacial score (nSPS) is 24.5. The number of ketones is 1. The second kappa shape index (κ2) is 10.2. The molecule has 2 saturated heterocycles. The van der Waals surface area contributed by atoms with Gasteiger partial charge in [-0.1, -0.05) is 33.6 Å². The van der Waals surface area contributed by atoms with Crippen molar-refractivity contribution in [1.82, 2.24) is 15.1 Å². The third-order valence-electron chi connectivity index (χ3n) is 5.22. The Morgan fingerprint density at radius 2 is 1.62 bits per heavy atom. The van der Waals surface area contributed by atoms with E-state index in [2.05, 4.69) is 31.0 Å². The van der Waals surface area contributed by atoms with Crippen molar-refractivity contribution in [1.29, 1.82) is 0 Å². The third kappa shape index (κ3) is 6.78. The zero-order chi connectivity index (χ0) is 21.7. The Labute approximate surface area is 172 Å². The number of likely N-dealkylation sites (tertiary alicyclic amines) is 1. The lowest BCUT2D eigenvalue weighted by Gasteiger charge is -2.29. The van der Waals surface area contributed by atoms with Crippen molar-refractivity contribution < 1.29 is 19.2 Å². The summed E-state index contributed by atoms with van der Waals surface area (Å²) < 4.78 is 0. The molecule has 3 aliphatic rings. The van der Waals surface area contributed by atoms with E-state index >= 15 is 0 Å². The maximum atomic E-state index is 12.9. The highest BCUT2D eigenvalue weighted by atomic mass is 16.2. The zero-order valence-corrected chi connectivity index (χ0v) is 17.7. The van der Waals surface area contributed by atoms with Crippen LogP contribution in [0.25, 0.3) is 0 Å². The molecule has 3 fully saturated rings. The van der Waals surface area contributed by atoms with Crippen molar-refractivity contribution in [2.75, 3.05) is 26.2 Å². The van der Waals surface area contributed by atoms with Gasteiger partial charge in [-0.15, -0.1) is 0 Å². The first-order valence-electron chi connectivity index (χ1n) is 10.5. The number of nitrogens with two attached hydrogens (primary N) is 2.